The maximum Gasteiger partial charge on any atom is 0.256 e. The van der Waals surface area contributed by atoms with Crippen molar-refractivity contribution in [1.82, 2.24) is 24.5 Å². The van der Waals surface area contributed by atoms with Crippen molar-refractivity contribution >= 4 is 38.6 Å². The molecule has 0 spiro atoms. The molecule has 6 rings (SSSR count). The number of nitrogens with zero attached hydrogens (tertiary/aromatic N) is 5. The Labute approximate surface area is 194 Å². The van der Waals surface area contributed by atoms with Crippen molar-refractivity contribution < 1.29 is 4.79 Å². The number of pyridine rings is 1. The molecule has 3 heterocycles. The van der Waals surface area contributed by atoms with E-state index >= 15 is 0 Å². The van der Waals surface area contributed by atoms with Crippen molar-refractivity contribution in [3.63, 3.8) is 0 Å². The van der Waals surface area contributed by atoms with Gasteiger partial charge in [-0.05, 0) is 65.4 Å². The summed E-state index contributed by atoms with van der Waals surface area (Å²) < 4.78 is 4.66. The summed E-state index contributed by atoms with van der Waals surface area (Å²) in [7, 11) is 1.93. The number of hydrogen-bond donors (Lipinski definition) is 1. The van der Waals surface area contributed by atoms with Crippen LogP contribution in [-0.2, 0) is 13.6 Å². The van der Waals surface area contributed by atoms with Crippen LogP contribution in [0.15, 0.2) is 47.2 Å². The van der Waals surface area contributed by atoms with Gasteiger partial charge in [0.2, 0.25) is 0 Å². The van der Waals surface area contributed by atoms with Crippen LogP contribution in [-0.4, -0.2) is 30.5 Å². The van der Waals surface area contributed by atoms with E-state index in [0.717, 1.165) is 63.8 Å². The van der Waals surface area contributed by atoms with Crippen LogP contribution in [0.5, 0.6) is 0 Å². The topological polar surface area (TPSA) is 77.6 Å². The fraction of sp³-hybridized carbons (Fsp3) is 0.333. The van der Waals surface area contributed by atoms with Gasteiger partial charge >= 0.3 is 0 Å². The molecule has 4 aromatic rings. The smallest absolute Gasteiger partial charge is 0.256 e. The molecule has 0 atom stereocenters. The monoisotopic (exact) mass is 490 g/mol. The van der Waals surface area contributed by atoms with Crippen LogP contribution in [0.2, 0.25) is 0 Å². The third kappa shape index (κ3) is 3.72. The highest BCUT2D eigenvalue weighted by molar-refractivity contribution is 9.10. The standard InChI is InChI=1S/C24H23BrN6O/c1-30-23-21(22(29-30)16-6-7-16)19(10-20(28-23)15-4-5-15)24(32)27-18-8-2-14(3-9-18)12-31-13-17(25)11-26-31/h2-3,8-11,13,15-16H,4-7,12H2,1H3,(H,27,32). The largest absolute Gasteiger partial charge is 0.322 e. The molecule has 162 valence electrons. The van der Waals surface area contributed by atoms with Crippen LogP contribution in [0.25, 0.3) is 11.0 Å². The summed E-state index contributed by atoms with van der Waals surface area (Å²) in [6.07, 6.45) is 8.25. The maximum absolute atomic E-state index is 13.4. The molecule has 0 unspecified atom stereocenters. The molecule has 2 fully saturated rings. The second kappa shape index (κ2) is 7.55. The first-order valence-electron chi connectivity index (χ1n) is 11.0. The Morgan fingerprint density at radius 3 is 2.56 bits per heavy atom. The van der Waals surface area contributed by atoms with E-state index in [2.05, 4.69) is 26.3 Å². The maximum atomic E-state index is 13.4. The lowest BCUT2D eigenvalue weighted by molar-refractivity contribution is 0.102. The van der Waals surface area contributed by atoms with Crippen LogP contribution in [0.4, 0.5) is 5.69 Å². The van der Waals surface area contributed by atoms with Gasteiger partial charge in [0.15, 0.2) is 5.65 Å². The van der Waals surface area contributed by atoms with Gasteiger partial charge in [-0.3, -0.25) is 14.2 Å². The lowest BCUT2D eigenvalue weighted by Crippen LogP contribution is -2.14. The zero-order valence-electron chi connectivity index (χ0n) is 17.8. The van der Waals surface area contributed by atoms with Gasteiger partial charge in [0, 0.05) is 36.5 Å². The molecule has 1 N–H and O–H groups in total. The van der Waals surface area contributed by atoms with Gasteiger partial charge < -0.3 is 5.32 Å². The minimum Gasteiger partial charge on any atom is -0.322 e. The Morgan fingerprint density at radius 1 is 1.16 bits per heavy atom. The summed E-state index contributed by atoms with van der Waals surface area (Å²) in [5.41, 5.74) is 5.43. The minimum absolute atomic E-state index is 0.0991. The number of fused-ring (bicyclic) bond motifs is 1. The molecule has 3 aromatic heterocycles. The van der Waals surface area contributed by atoms with Crippen LogP contribution < -0.4 is 5.32 Å². The Morgan fingerprint density at radius 2 is 1.91 bits per heavy atom. The normalized spacial score (nSPS) is 15.9. The first-order chi connectivity index (χ1) is 15.5. The second-order valence-corrected chi connectivity index (χ2v) is 9.77. The van der Waals surface area contributed by atoms with Crippen molar-refractivity contribution in [3.05, 3.63) is 69.7 Å². The van der Waals surface area contributed by atoms with Crippen LogP contribution >= 0.6 is 15.9 Å². The molecular formula is C24H23BrN6O. The summed E-state index contributed by atoms with van der Waals surface area (Å²) in [6, 6.07) is 9.91. The molecule has 7 nitrogen and oxygen atoms in total. The van der Waals surface area contributed by atoms with Gasteiger partial charge in [0.25, 0.3) is 5.91 Å². The highest BCUT2D eigenvalue weighted by Crippen LogP contribution is 2.45. The van der Waals surface area contributed by atoms with Crippen LogP contribution in [0.1, 0.15) is 64.8 Å². The number of aromatic nitrogens is 5. The molecular weight excluding hydrogens is 468 g/mol. The first kappa shape index (κ1) is 19.7. The lowest BCUT2D eigenvalue weighted by atomic mass is 10.0. The number of hydrogen-bond acceptors (Lipinski definition) is 4. The van der Waals surface area contributed by atoms with E-state index in [9.17, 15) is 4.79 Å². The predicted molar refractivity (Wildman–Crippen MR) is 126 cm³/mol. The van der Waals surface area contributed by atoms with E-state index in [4.69, 9.17) is 10.1 Å². The fourth-order valence-electron chi connectivity index (χ4n) is 4.21. The van der Waals surface area contributed by atoms with Gasteiger partial charge in [-0.1, -0.05) is 12.1 Å². The third-order valence-electron chi connectivity index (χ3n) is 6.20. The number of benzene rings is 1. The van der Waals surface area contributed by atoms with E-state index in [-0.39, 0.29) is 5.91 Å². The predicted octanol–water partition coefficient (Wildman–Crippen LogP) is 4.98. The van der Waals surface area contributed by atoms with Crippen molar-refractivity contribution in [1.29, 1.82) is 0 Å². The molecule has 1 aromatic carbocycles. The Hall–Kier alpha value is -3.00. The number of halogens is 1. The van der Waals surface area contributed by atoms with Crippen molar-refractivity contribution in [2.45, 2.75) is 44.1 Å². The van der Waals surface area contributed by atoms with Gasteiger partial charge in [0.05, 0.1) is 33.9 Å². The number of carbonyl (C=O) groups excluding carboxylic acids is 1. The van der Waals surface area contributed by atoms with E-state index in [1.54, 1.807) is 6.20 Å². The van der Waals surface area contributed by atoms with Crippen molar-refractivity contribution in [3.8, 4) is 0 Å². The molecule has 0 saturated heterocycles. The van der Waals surface area contributed by atoms with E-state index < -0.39 is 0 Å². The van der Waals surface area contributed by atoms with E-state index in [1.807, 2.05) is 52.9 Å². The lowest BCUT2D eigenvalue weighted by Gasteiger charge is -2.10. The SMILES string of the molecule is Cn1nc(C2CC2)c2c(C(=O)Nc3ccc(Cn4cc(Br)cn4)cc3)cc(C3CC3)nc21. The summed E-state index contributed by atoms with van der Waals surface area (Å²) >= 11 is 3.42. The summed E-state index contributed by atoms with van der Waals surface area (Å²) in [5.74, 6) is 0.810. The Kier molecular flexibility index (Phi) is 4.64. The number of rotatable bonds is 6. The third-order valence-corrected chi connectivity index (χ3v) is 6.61. The molecule has 32 heavy (non-hydrogen) atoms. The van der Waals surface area contributed by atoms with E-state index in [1.165, 1.54) is 0 Å². The number of amides is 1. The molecule has 0 radical (unpaired) electrons. The van der Waals surface area contributed by atoms with Crippen molar-refractivity contribution in [2.75, 3.05) is 5.32 Å². The molecule has 0 aliphatic heterocycles. The average Bonchev–Trinajstić information content (AvgIpc) is 3.71. The number of anilines is 1. The second-order valence-electron chi connectivity index (χ2n) is 8.86. The zero-order chi connectivity index (χ0) is 21.8. The Bertz CT molecular complexity index is 1330. The summed E-state index contributed by atoms with van der Waals surface area (Å²) in [6.45, 7) is 0.677. The number of aryl methyl sites for hydroxylation is 1. The van der Waals surface area contributed by atoms with Gasteiger partial charge in [-0.2, -0.15) is 10.2 Å². The van der Waals surface area contributed by atoms with Crippen LogP contribution in [0, 0.1) is 0 Å². The Balaban J connectivity index is 1.29. The summed E-state index contributed by atoms with van der Waals surface area (Å²) in [4.78, 5) is 18.3. The van der Waals surface area contributed by atoms with Crippen LogP contribution in [0.3, 0.4) is 0 Å². The molecule has 8 heteroatoms. The average molecular weight is 491 g/mol. The molecule has 1 amide bonds. The van der Waals surface area contributed by atoms with E-state index in [0.29, 0.717) is 23.9 Å². The quantitative estimate of drug-likeness (QED) is 0.413. The van der Waals surface area contributed by atoms with Gasteiger partial charge in [0.1, 0.15) is 0 Å². The fourth-order valence-corrected chi connectivity index (χ4v) is 4.54. The minimum atomic E-state index is -0.0991. The first-order valence-corrected chi connectivity index (χ1v) is 11.8. The zero-order valence-corrected chi connectivity index (χ0v) is 19.3. The number of nitrogens with one attached hydrogen (secondary N) is 1. The molecule has 2 saturated carbocycles. The highest BCUT2D eigenvalue weighted by atomic mass is 79.9. The van der Waals surface area contributed by atoms with Crippen molar-refractivity contribution in [2.24, 2.45) is 7.05 Å². The molecule has 2 aliphatic rings. The van der Waals surface area contributed by atoms with Gasteiger partial charge in [-0.15, -0.1) is 0 Å². The number of carbonyl (C=O) groups is 1. The molecule has 2 aliphatic carbocycles. The molecule has 0 bridgehead atoms. The highest BCUT2D eigenvalue weighted by Gasteiger charge is 2.33. The summed E-state index contributed by atoms with van der Waals surface area (Å²) in [5, 5.41) is 13.0. The van der Waals surface area contributed by atoms with Gasteiger partial charge in [-0.25, -0.2) is 4.98 Å².